The van der Waals surface area contributed by atoms with Crippen LogP contribution in [0.5, 0.6) is 5.75 Å². The standard InChI is InChI=1S/C23H21N5O/c1-16-14-22(27-12-10-26(11-13-27)20-8-4-5-9-21(20)29)28-19-7-3-2-6-18(19)25-23(28)17(16)15-24/h2-9,14,29H,10-13H2,1H3. The third-order valence-corrected chi connectivity index (χ3v) is 5.69. The van der Waals surface area contributed by atoms with Crippen LogP contribution in [0.1, 0.15) is 11.1 Å². The molecule has 0 atom stereocenters. The lowest BCUT2D eigenvalue weighted by molar-refractivity contribution is 0.472. The van der Waals surface area contributed by atoms with Crippen LogP contribution in [0.3, 0.4) is 0 Å². The zero-order valence-corrected chi connectivity index (χ0v) is 16.2. The average molecular weight is 383 g/mol. The van der Waals surface area contributed by atoms with Gasteiger partial charge in [-0.1, -0.05) is 24.3 Å². The molecule has 0 spiro atoms. The first kappa shape index (κ1) is 17.4. The van der Waals surface area contributed by atoms with Gasteiger partial charge < -0.3 is 14.9 Å². The van der Waals surface area contributed by atoms with Gasteiger partial charge in [0.25, 0.3) is 0 Å². The molecule has 144 valence electrons. The van der Waals surface area contributed by atoms with Gasteiger partial charge in [-0.05, 0) is 42.8 Å². The van der Waals surface area contributed by atoms with E-state index in [1.807, 2.05) is 49.4 Å². The Bertz CT molecular complexity index is 1260. The number of imidazole rings is 1. The topological polar surface area (TPSA) is 67.8 Å². The molecule has 0 radical (unpaired) electrons. The number of aryl methyl sites for hydroxylation is 1. The second-order valence-corrected chi connectivity index (χ2v) is 7.39. The van der Waals surface area contributed by atoms with Crippen LogP contribution >= 0.6 is 0 Å². The van der Waals surface area contributed by atoms with Crippen LogP contribution in [-0.4, -0.2) is 40.7 Å². The molecule has 1 N–H and O–H groups in total. The highest BCUT2D eigenvalue weighted by Crippen LogP contribution is 2.31. The van der Waals surface area contributed by atoms with Crippen LogP contribution in [0.25, 0.3) is 16.7 Å². The van der Waals surface area contributed by atoms with Crippen LogP contribution in [0.4, 0.5) is 11.5 Å². The summed E-state index contributed by atoms with van der Waals surface area (Å²) in [5.74, 6) is 1.38. The summed E-state index contributed by atoms with van der Waals surface area (Å²) < 4.78 is 2.11. The summed E-state index contributed by atoms with van der Waals surface area (Å²) in [4.78, 5) is 9.30. The second kappa shape index (κ2) is 6.71. The first-order chi connectivity index (χ1) is 14.2. The fraction of sp³-hybridized carbons (Fsp3) is 0.217. The molecule has 6 nitrogen and oxygen atoms in total. The van der Waals surface area contributed by atoms with Crippen molar-refractivity contribution in [1.82, 2.24) is 9.38 Å². The Hall–Kier alpha value is -3.72. The molecule has 2 aromatic heterocycles. The Balaban J connectivity index is 1.56. The van der Waals surface area contributed by atoms with Gasteiger partial charge in [-0.2, -0.15) is 5.26 Å². The van der Waals surface area contributed by atoms with Crippen LogP contribution < -0.4 is 9.80 Å². The van der Waals surface area contributed by atoms with E-state index in [9.17, 15) is 10.4 Å². The molecule has 0 aliphatic carbocycles. The Morgan fingerprint density at radius 2 is 1.66 bits per heavy atom. The minimum absolute atomic E-state index is 0.318. The van der Waals surface area contributed by atoms with E-state index in [-0.39, 0.29) is 0 Å². The number of hydrogen-bond donors (Lipinski definition) is 1. The molecule has 0 bridgehead atoms. The Labute approximate surface area is 168 Å². The SMILES string of the molecule is Cc1cc(N2CCN(c3ccccc3O)CC2)n2c(nc3ccccc32)c1C#N. The lowest BCUT2D eigenvalue weighted by atomic mass is 10.1. The van der Waals surface area contributed by atoms with Gasteiger partial charge in [0, 0.05) is 26.2 Å². The molecule has 1 aliphatic heterocycles. The molecule has 0 unspecified atom stereocenters. The number of benzene rings is 2. The third-order valence-electron chi connectivity index (χ3n) is 5.69. The summed E-state index contributed by atoms with van der Waals surface area (Å²) in [6.45, 7) is 5.23. The van der Waals surface area contributed by atoms with Gasteiger partial charge in [0.1, 0.15) is 17.6 Å². The Kier molecular flexibility index (Phi) is 4.02. The molecule has 5 rings (SSSR count). The zero-order chi connectivity index (χ0) is 20.0. The summed E-state index contributed by atoms with van der Waals surface area (Å²) in [5, 5.41) is 19.9. The van der Waals surface area contributed by atoms with Crippen molar-refractivity contribution in [2.75, 3.05) is 36.0 Å². The molecule has 3 heterocycles. The van der Waals surface area contributed by atoms with Crippen LogP contribution in [0.15, 0.2) is 54.6 Å². The number of anilines is 2. The van der Waals surface area contributed by atoms with E-state index in [1.54, 1.807) is 6.07 Å². The van der Waals surface area contributed by atoms with Crippen LogP contribution in [-0.2, 0) is 0 Å². The average Bonchev–Trinajstić information content (AvgIpc) is 3.13. The fourth-order valence-electron chi connectivity index (χ4n) is 4.21. The number of piperazine rings is 1. The fourth-order valence-corrected chi connectivity index (χ4v) is 4.21. The lowest BCUT2D eigenvalue weighted by Crippen LogP contribution is -2.47. The summed E-state index contributed by atoms with van der Waals surface area (Å²) in [5.41, 5.74) is 5.06. The molecular formula is C23H21N5O. The number of phenols is 1. The van der Waals surface area contributed by atoms with E-state index >= 15 is 0 Å². The highest BCUT2D eigenvalue weighted by molar-refractivity contribution is 5.85. The molecule has 1 fully saturated rings. The van der Waals surface area contributed by atoms with Crippen molar-refractivity contribution >= 4 is 28.2 Å². The highest BCUT2D eigenvalue weighted by atomic mass is 16.3. The highest BCUT2D eigenvalue weighted by Gasteiger charge is 2.23. The quantitative estimate of drug-likeness (QED) is 0.572. The Morgan fingerprint density at radius 1 is 0.966 bits per heavy atom. The van der Waals surface area contributed by atoms with Gasteiger partial charge in [0.15, 0.2) is 5.65 Å². The number of fused-ring (bicyclic) bond motifs is 3. The number of phenolic OH excluding ortho intramolecular Hbond substituents is 1. The number of pyridine rings is 1. The van der Waals surface area contributed by atoms with Crippen molar-refractivity contribution in [1.29, 1.82) is 5.26 Å². The van der Waals surface area contributed by atoms with Gasteiger partial charge in [-0.25, -0.2) is 4.98 Å². The Morgan fingerprint density at radius 3 is 2.41 bits per heavy atom. The van der Waals surface area contributed by atoms with E-state index < -0.39 is 0 Å². The smallest absolute Gasteiger partial charge is 0.157 e. The van der Waals surface area contributed by atoms with E-state index in [2.05, 4.69) is 26.3 Å². The number of hydrogen-bond acceptors (Lipinski definition) is 5. The lowest BCUT2D eigenvalue weighted by Gasteiger charge is -2.37. The first-order valence-electron chi connectivity index (χ1n) is 9.76. The minimum atomic E-state index is 0.318. The summed E-state index contributed by atoms with van der Waals surface area (Å²) in [6.07, 6.45) is 0. The number of aromatic hydroxyl groups is 1. The number of nitrogens with zero attached hydrogens (tertiary/aromatic N) is 5. The maximum absolute atomic E-state index is 10.2. The largest absolute Gasteiger partial charge is 0.506 e. The first-order valence-corrected chi connectivity index (χ1v) is 9.76. The van der Waals surface area contributed by atoms with Gasteiger partial charge in [0.2, 0.25) is 0 Å². The third kappa shape index (κ3) is 2.74. The van der Waals surface area contributed by atoms with Crippen molar-refractivity contribution in [3.05, 3.63) is 65.7 Å². The molecule has 29 heavy (non-hydrogen) atoms. The van der Waals surface area contributed by atoms with Crippen molar-refractivity contribution in [3.63, 3.8) is 0 Å². The van der Waals surface area contributed by atoms with Crippen molar-refractivity contribution in [2.24, 2.45) is 0 Å². The zero-order valence-electron chi connectivity index (χ0n) is 16.2. The van der Waals surface area contributed by atoms with Gasteiger partial charge >= 0.3 is 0 Å². The number of nitriles is 1. The normalized spacial score (nSPS) is 14.5. The minimum Gasteiger partial charge on any atom is -0.506 e. The second-order valence-electron chi connectivity index (χ2n) is 7.39. The van der Waals surface area contributed by atoms with E-state index in [1.165, 1.54) is 0 Å². The van der Waals surface area contributed by atoms with E-state index in [0.29, 0.717) is 17.0 Å². The van der Waals surface area contributed by atoms with E-state index in [4.69, 9.17) is 4.98 Å². The molecule has 1 aliphatic rings. The molecule has 0 saturated carbocycles. The number of rotatable bonds is 2. The monoisotopic (exact) mass is 383 g/mol. The summed E-state index contributed by atoms with van der Waals surface area (Å²) >= 11 is 0. The van der Waals surface area contributed by atoms with Crippen LogP contribution in [0, 0.1) is 18.3 Å². The molecule has 0 amide bonds. The van der Waals surface area contributed by atoms with Crippen LogP contribution in [0.2, 0.25) is 0 Å². The summed E-state index contributed by atoms with van der Waals surface area (Å²) in [6, 6.07) is 19.9. The number of aromatic nitrogens is 2. The van der Waals surface area contributed by atoms with Crippen molar-refractivity contribution < 1.29 is 5.11 Å². The number of para-hydroxylation sites is 4. The predicted octanol–water partition coefficient (Wildman–Crippen LogP) is 3.70. The summed E-state index contributed by atoms with van der Waals surface area (Å²) in [7, 11) is 0. The van der Waals surface area contributed by atoms with Gasteiger partial charge in [0.05, 0.1) is 22.3 Å². The maximum atomic E-state index is 10.2. The van der Waals surface area contributed by atoms with E-state index in [0.717, 1.165) is 54.3 Å². The molecule has 4 aromatic rings. The van der Waals surface area contributed by atoms with Crippen molar-refractivity contribution in [2.45, 2.75) is 6.92 Å². The van der Waals surface area contributed by atoms with Crippen molar-refractivity contribution in [3.8, 4) is 11.8 Å². The molecule has 1 saturated heterocycles. The molecule has 2 aromatic carbocycles. The molecule has 6 heteroatoms. The van der Waals surface area contributed by atoms with Gasteiger partial charge in [-0.15, -0.1) is 0 Å². The van der Waals surface area contributed by atoms with Gasteiger partial charge in [-0.3, -0.25) is 4.40 Å². The molecular weight excluding hydrogens is 362 g/mol. The predicted molar refractivity (Wildman–Crippen MR) is 115 cm³/mol. The maximum Gasteiger partial charge on any atom is 0.157 e.